The minimum atomic E-state index is -0.227. The van der Waals surface area contributed by atoms with Crippen molar-refractivity contribution in [3.63, 3.8) is 0 Å². The first-order valence-corrected chi connectivity index (χ1v) is 9.44. The Labute approximate surface area is 163 Å². The third kappa shape index (κ3) is 2.69. The smallest absolute Gasteiger partial charge is 0.216 e. The molecule has 0 unspecified atom stereocenters. The topological polar surface area (TPSA) is 146 Å². The number of nitrogens with zero attached hydrogens (tertiary/aromatic N) is 8. The fraction of sp³-hybridized carbons (Fsp3) is 0. The molecule has 4 rings (SSSR count). The Kier molecular flexibility index (Phi) is 4.04. The number of fused-ring (bicyclic) bond motifs is 6. The molecule has 27 heavy (non-hydrogen) atoms. The number of aliphatic imine (C=N–C) groups is 2. The lowest BCUT2D eigenvalue weighted by Crippen LogP contribution is -1.84. The van der Waals surface area contributed by atoms with Gasteiger partial charge in [0.25, 0.3) is 0 Å². The molecule has 8 nitrogen and oxygen atoms in total. The number of benzene rings is 1. The number of rotatable bonds is 2. The van der Waals surface area contributed by atoms with Gasteiger partial charge in [0, 0.05) is 10.8 Å². The maximum Gasteiger partial charge on any atom is 0.219 e. The van der Waals surface area contributed by atoms with Crippen molar-refractivity contribution in [1.82, 2.24) is 8.75 Å². The second-order valence-electron chi connectivity index (χ2n) is 4.98. The molecule has 0 atom stereocenters. The second kappa shape index (κ2) is 6.53. The van der Waals surface area contributed by atoms with Crippen molar-refractivity contribution in [3.05, 3.63) is 12.1 Å². The number of nitriles is 4. The van der Waals surface area contributed by atoms with E-state index >= 15 is 0 Å². The molecule has 0 aliphatic heterocycles. The lowest BCUT2D eigenvalue weighted by Gasteiger charge is -1.93. The Morgan fingerprint density at radius 3 is 1.52 bits per heavy atom. The van der Waals surface area contributed by atoms with Crippen molar-refractivity contribution in [2.75, 3.05) is 0 Å². The molecule has 0 N–H and O–H groups in total. The van der Waals surface area contributed by atoms with Crippen LogP contribution < -0.4 is 0 Å². The van der Waals surface area contributed by atoms with Gasteiger partial charge >= 0.3 is 0 Å². The summed E-state index contributed by atoms with van der Waals surface area (Å²) in [4.78, 5) is 8.14. The first-order valence-electron chi connectivity index (χ1n) is 7.07. The average Bonchev–Trinajstić information content (AvgIpc) is 3.40. The molecule has 1 aromatic carbocycles. The Hall–Kier alpha value is -3.74. The van der Waals surface area contributed by atoms with Crippen LogP contribution in [0.5, 0.6) is 0 Å². The van der Waals surface area contributed by atoms with Gasteiger partial charge in [0.15, 0.2) is 0 Å². The molecule has 3 heterocycles. The summed E-state index contributed by atoms with van der Waals surface area (Å²) >= 11 is 3.73. The molecular formula is C16H2N8S3. The fourth-order valence-electron chi connectivity index (χ4n) is 2.47. The standard InChI is InChI=1S/C16H2N8S3/c17-3-7(4-18)21-11-1-9-13-14(24-27-23-13)10-2-12(22-8(5-19)6-20)26-16(10)15(9)25-11/h1-2H. The van der Waals surface area contributed by atoms with Crippen LogP contribution in [0.3, 0.4) is 0 Å². The van der Waals surface area contributed by atoms with Crippen molar-refractivity contribution < 1.29 is 0 Å². The summed E-state index contributed by atoms with van der Waals surface area (Å²) in [6.45, 7) is 0. The van der Waals surface area contributed by atoms with E-state index < -0.39 is 0 Å². The first kappa shape index (κ1) is 16.7. The molecule has 0 saturated carbocycles. The van der Waals surface area contributed by atoms with Gasteiger partial charge in [0.2, 0.25) is 11.4 Å². The van der Waals surface area contributed by atoms with E-state index in [9.17, 15) is 0 Å². The number of hydrogen-bond donors (Lipinski definition) is 0. The van der Waals surface area contributed by atoms with Crippen LogP contribution in [0, 0.1) is 45.3 Å². The monoisotopic (exact) mass is 402 g/mol. The van der Waals surface area contributed by atoms with Crippen LogP contribution in [-0.4, -0.2) is 20.2 Å². The third-order valence-electron chi connectivity index (χ3n) is 3.51. The highest BCUT2D eigenvalue weighted by molar-refractivity contribution is 7.30. The van der Waals surface area contributed by atoms with Crippen molar-refractivity contribution in [2.24, 2.45) is 9.98 Å². The van der Waals surface area contributed by atoms with E-state index in [0.29, 0.717) is 21.0 Å². The molecule has 3 aromatic heterocycles. The molecule has 0 aliphatic carbocycles. The van der Waals surface area contributed by atoms with E-state index in [1.54, 1.807) is 36.4 Å². The van der Waals surface area contributed by atoms with Gasteiger partial charge in [0.1, 0.15) is 45.3 Å². The van der Waals surface area contributed by atoms with Crippen LogP contribution in [0.1, 0.15) is 0 Å². The van der Waals surface area contributed by atoms with Gasteiger partial charge in [-0.05, 0) is 12.1 Å². The summed E-state index contributed by atoms with van der Waals surface area (Å²) in [5.41, 5.74) is 0.943. The normalized spacial score (nSPS) is 10.1. The highest BCUT2D eigenvalue weighted by Gasteiger charge is 2.18. The first-order chi connectivity index (χ1) is 13.2. The van der Waals surface area contributed by atoms with E-state index in [0.717, 1.165) is 31.9 Å². The van der Waals surface area contributed by atoms with E-state index in [2.05, 4.69) is 18.7 Å². The van der Waals surface area contributed by atoms with Crippen LogP contribution in [0.4, 0.5) is 10.0 Å². The van der Waals surface area contributed by atoms with Crippen molar-refractivity contribution in [1.29, 1.82) is 21.0 Å². The molecule has 0 aliphatic rings. The predicted octanol–water partition coefficient (Wildman–Crippen LogP) is 4.36. The molecule has 0 spiro atoms. The number of aromatic nitrogens is 2. The fourth-order valence-corrected chi connectivity index (χ4v) is 5.27. The predicted molar refractivity (Wildman–Crippen MR) is 105 cm³/mol. The van der Waals surface area contributed by atoms with Crippen LogP contribution in [-0.2, 0) is 0 Å². The Bertz CT molecular complexity index is 1330. The van der Waals surface area contributed by atoms with Crippen molar-refractivity contribution in [3.8, 4) is 24.3 Å². The number of thiophene rings is 2. The van der Waals surface area contributed by atoms with Crippen LogP contribution in [0.2, 0.25) is 0 Å². The Morgan fingerprint density at radius 2 is 1.15 bits per heavy atom. The summed E-state index contributed by atoms with van der Waals surface area (Å²) in [7, 11) is 0. The summed E-state index contributed by atoms with van der Waals surface area (Å²) in [6, 6.07) is 10.5. The third-order valence-corrected chi connectivity index (χ3v) is 6.26. The lowest BCUT2D eigenvalue weighted by atomic mass is 10.1. The zero-order valence-electron chi connectivity index (χ0n) is 13.0. The van der Waals surface area contributed by atoms with Gasteiger partial charge < -0.3 is 0 Å². The quantitative estimate of drug-likeness (QED) is 0.455. The molecule has 0 radical (unpaired) electrons. The highest BCUT2D eigenvalue weighted by Crippen LogP contribution is 2.46. The lowest BCUT2D eigenvalue weighted by molar-refractivity contribution is 1.51. The maximum atomic E-state index is 8.92. The molecule has 0 bridgehead atoms. The molecule has 11 heteroatoms. The minimum Gasteiger partial charge on any atom is -0.216 e. The average molecular weight is 402 g/mol. The number of hydrogen-bond acceptors (Lipinski definition) is 11. The maximum absolute atomic E-state index is 8.92. The minimum absolute atomic E-state index is 0.227. The van der Waals surface area contributed by atoms with Crippen LogP contribution >= 0.6 is 34.4 Å². The van der Waals surface area contributed by atoms with Gasteiger partial charge in [-0.2, -0.15) is 29.8 Å². The molecule has 124 valence electrons. The van der Waals surface area contributed by atoms with Crippen molar-refractivity contribution >= 4 is 87.0 Å². The summed E-state index contributed by atoms with van der Waals surface area (Å²) in [5, 5.41) is 38.4. The summed E-state index contributed by atoms with van der Waals surface area (Å²) < 4.78 is 10.5. The largest absolute Gasteiger partial charge is 0.219 e. The molecule has 0 fully saturated rings. The van der Waals surface area contributed by atoms with E-state index in [1.807, 2.05) is 0 Å². The van der Waals surface area contributed by atoms with Gasteiger partial charge in [-0.15, -0.1) is 22.7 Å². The molecule has 0 saturated heterocycles. The van der Waals surface area contributed by atoms with Gasteiger partial charge in [-0.25, -0.2) is 9.98 Å². The zero-order valence-corrected chi connectivity index (χ0v) is 15.4. The Balaban J connectivity index is 2.07. The van der Waals surface area contributed by atoms with Gasteiger partial charge in [0.05, 0.1) is 21.1 Å². The van der Waals surface area contributed by atoms with E-state index in [4.69, 9.17) is 21.0 Å². The van der Waals surface area contributed by atoms with Crippen LogP contribution in [0.25, 0.3) is 31.2 Å². The Morgan fingerprint density at radius 1 is 0.741 bits per heavy atom. The van der Waals surface area contributed by atoms with Crippen molar-refractivity contribution in [2.45, 2.75) is 0 Å². The zero-order chi connectivity index (χ0) is 19.0. The second-order valence-corrected chi connectivity index (χ2v) is 7.57. The van der Waals surface area contributed by atoms with E-state index in [-0.39, 0.29) is 11.4 Å². The highest BCUT2D eigenvalue weighted by atomic mass is 32.1. The van der Waals surface area contributed by atoms with Gasteiger partial charge in [-0.1, -0.05) is 0 Å². The molecule has 0 amide bonds. The van der Waals surface area contributed by atoms with Crippen LogP contribution in [0.15, 0.2) is 22.1 Å². The summed E-state index contributed by atoms with van der Waals surface area (Å²) in [5.74, 6) is 0. The summed E-state index contributed by atoms with van der Waals surface area (Å²) in [6.07, 6.45) is 0. The van der Waals surface area contributed by atoms with Gasteiger partial charge in [-0.3, -0.25) is 0 Å². The van der Waals surface area contributed by atoms with E-state index in [1.165, 1.54) is 22.7 Å². The SMILES string of the molecule is N#CC(C#N)=Nc1cc2c3nsnc3c3cc(N=C(C#N)C#N)sc3c2s1. The molecule has 4 aromatic rings. The molecular weight excluding hydrogens is 400 g/mol.